The molecule has 0 spiro atoms. The third-order valence-corrected chi connectivity index (χ3v) is 2.60. The third kappa shape index (κ3) is 5.36. The van der Waals surface area contributed by atoms with Crippen LogP contribution in [0.2, 0.25) is 0 Å². The molecule has 0 aliphatic rings. The number of halogens is 1. The van der Waals surface area contributed by atoms with Crippen molar-refractivity contribution >= 4 is 23.2 Å². The molecular formula is C14H20FN3O2. The van der Waals surface area contributed by atoms with E-state index in [4.69, 9.17) is 0 Å². The molecule has 0 aromatic heterocycles. The van der Waals surface area contributed by atoms with Crippen molar-refractivity contribution in [2.24, 2.45) is 0 Å². The summed E-state index contributed by atoms with van der Waals surface area (Å²) in [4.78, 5) is 22.7. The van der Waals surface area contributed by atoms with Gasteiger partial charge in [0.25, 0.3) is 0 Å². The normalized spacial score (nSPS) is 11.8. The molecule has 6 heteroatoms. The summed E-state index contributed by atoms with van der Waals surface area (Å²) in [5.74, 6) is -1.07. The van der Waals surface area contributed by atoms with Crippen LogP contribution in [0.5, 0.6) is 0 Å². The zero-order chi connectivity index (χ0) is 15.1. The van der Waals surface area contributed by atoms with E-state index < -0.39 is 5.82 Å². The van der Waals surface area contributed by atoms with Gasteiger partial charge in [0.1, 0.15) is 5.82 Å². The number of rotatable bonds is 6. The molecule has 0 heterocycles. The molecule has 0 fully saturated rings. The minimum atomic E-state index is -0.538. The lowest BCUT2D eigenvalue weighted by molar-refractivity contribution is -0.116. The Bertz CT molecular complexity index is 491. The molecular weight excluding hydrogens is 261 g/mol. The van der Waals surface area contributed by atoms with Crippen LogP contribution >= 0.6 is 0 Å². The van der Waals surface area contributed by atoms with Gasteiger partial charge in [-0.15, -0.1) is 0 Å². The minimum Gasteiger partial charge on any atom is -0.326 e. The van der Waals surface area contributed by atoms with E-state index in [0.717, 1.165) is 6.54 Å². The summed E-state index contributed by atoms with van der Waals surface area (Å²) in [5.41, 5.74) is 0.499. The summed E-state index contributed by atoms with van der Waals surface area (Å²) in [7, 11) is 0. The first kappa shape index (κ1) is 16.1. The maximum atomic E-state index is 13.6. The van der Waals surface area contributed by atoms with Gasteiger partial charge in [-0.2, -0.15) is 0 Å². The van der Waals surface area contributed by atoms with E-state index in [1.807, 2.05) is 13.8 Å². The van der Waals surface area contributed by atoms with Crippen molar-refractivity contribution in [2.75, 3.05) is 17.2 Å². The van der Waals surface area contributed by atoms with E-state index in [0.29, 0.717) is 5.69 Å². The quantitative estimate of drug-likeness (QED) is 0.748. The Morgan fingerprint density at radius 2 is 2.00 bits per heavy atom. The predicted molar refractivity (Wildman–Crippen MR) is 77.1 cm³/mol. The molecule has 0 radical (unpaired) electrons. The number of amides is 2. The number of anilines is 2. The average Bonchev–Trinajstić information content (AvgIpc) is 2.32. The van der Waals surface area contributed by atoms with E-state index in [9.17, 15) is 14.0 Å². The van der Waals surface area contributed by atoms with Crippen molar-refractivity contribution in [2.45, 2.75) is 33.2 Å². The largest absolute Gasteiger partial charge is 0.326 e. The van der Waals surface area contributed by atoms with Crippen LogP contribution in [0, 0.1) is 5.82 Å². The van der Waals surface area contributed by atoms with Crippen LogP contribution in [0.3, 0.4) is 0 Å². The van der Waals surface area contributed by atoms with Gasteiger partial charge in [-0.3, -0.25) is 9.59 Å². The van der Waals surface area contributed by atoms with Crippen molar-refractivity contribution in [3.8, 4) is 0 Å². The first-order valence-corrected chi connectivity index (χ1v) is 6.52. The van der Waals surface area contributed by atoms with Crippen LogP contribution in [0.4, 0.5) is 15.8 Å². The van der Waals surface area contributed by atoms with Crippen LogP contribution in [0.15, 0.2) is 18.2 Å². The second kappa shape index (κ2) is 7.59. The maximum absolute atomic E-state index is 13.6. The second-order valence-corrected chi connectivity index (χ2v) is 4.59. The highest BCUT2D eigenvalue weighted by Gasteiger charge is 2.11. The van der Waals surface area contributed by atoms with Crippen molar-refractivity contribution in [1.82, 2.24) is 5.32 Å². The molecule has 1 atom stereocenters. The molecule has 2 amide bonds. The molecule has 20 heavy (non-hydrogen) atoms. The van der Waals surface area contributed by atoms with Crippen molar-refractivity contribution in [3.63, 3.8) is 0 Å². The van der Waals surface area contributed by atoms with Gasteiger partial charge in [0.05, 0.1) is 5.69 Å². The number of carbonyl (C=O) groups excluding carboxylic acids is 2. The van der Waals surface area contributed by atoms with Gasteiger partial charge in [0, 0.05) is 25.1 Å². The second-order valence-electron chi connectivity index (χ2n) is 4.59. The Hall–Kier alpha value is -1.95. The Kier molecular flexibility index (Phi) is 6.11. The van der Waals surface area contributed by atoms with E-state index in [2.05, 4.69) is 16.0 Å². The van der Waals surface area contributed by atoms with Crippen LogP contribution < -0.4 is 16.0 Å². The zero-order valence-corrected chi connectivity index (χ0v) is 11.9. The fourth-order valence-corrected chi connectivity index (χ4v) is 1.80. The Balaban J connectivity index is 2.70. The lowest BCUT2D eigenvalue weighted by Crippen LogP contribution is -2.30. The summed E-state index contributed by atoms with van der Waals surface area (Å²) in [6.07, 6.45) is 0.248. The monoisotopic (exact) mass is 281 g/mol. The van der Waals surface area contributed by atoms with Gasteiger partial charge in [0.2, 0.25) is 11.8 Å². The Labute approximate surface area is 117 Å². The van der Waals surface area contributed by atoms with Crippen LogP contribution in [0.1, 0.15) is 27.2 Å². The first-order valence-electron chi connectivity index (χ1n) is 6.52. The fourth-order valence-electron chi connectivity index (χ4n) is 1.80. The topological polar surface area (TPSA) is 70.2 Å². The summed E-state index contributed by atoms with van der Waals surface area (Å²) < 4.78 is 13.6. The van der Waals surface area contributed by atoms with Gasteiger partial charge < -0.3 is 16.0 Å². The molecule has 0 aliphatic carbocycles. The number of benzene rings is 1. The predicted octanol–water partition coefficient (Wildman–Crippen LogP) is 2.11. The van der Waals surface area contributed by atoms with Crippen LogP contribution in [-0.2, 0) is 9.59 Å². The van der Waals surface area contributed by atoms with Crippen molar-refractivity contribution in [3.05, 3.63) is 24.0 Å². The molecule has 1 aromatic rings. The molecule has 0 saturated heterocycles. The van der Waals surface area contributed by atoms with Gasteiger partial charge >= 0.3 is 0 Å². The average molecular weight is 281 g/mol. The lowest BCUT2D eigenvalue weighted by atomic mass is 10.2. The molecule has 1 aromatic carbocycles. The summed E-state index contributed by atoms with van der Waals surface area (Å²) in [6, 6.07) is 4.05. The number of carbonyl (C=O) groups is 2. The molecule has 110 valence electrons. The minimum absolute atomic E-state index is 0.0154. The summed E-state index contributed by atoms with van der Waals surface area (Å²) >= 11 is 0. The number of hydrogen-bond donors (Lipinski definition) is 3. The zero-order valence-electron chi connectivity index (χ0n) is 11.9. The van der Waals surface area contributed by atoms with Crippen LogP contribution in [-0.4, -0.2) is 24.4 Å². The molecule has 5 nitrogen and oxygen atoms in total. The smallest absolute Gasteiger partial charge is 0.226 e. The van der Waals surface area contributed by atoms with E-state index in [1.165, 1.54) is 25.1 Å². The summed E-state index contributed by atoms with van der Waals surface area (Å²) in [6.45, 7) is 5.96. The fraction of sp³-hybridized carbons (Fsp3) is 0.429. The number of nitrogens with one attached hydrogen (secondary N) is 3. The molecule has 0 bridgehead atoms. The van der Waals surface area contributed by atoms with Gasteiger partial charge in [-0.25, -0.2) is 4.39 Å². The standard InChI is InChI=1S/C14H20FN3O2/c1-4-16-9(2)7-14(20)18-13-8-11(17-10(3)19)5-6-12(13)15/h5-6,8-9,16H,4,7H2,1-3H3,(H,17,19)(H,18,20). The van der Waals surface area contributed by atoms with Crippen molar-refractivity contribution < 1.29 is 14.0 Å². The van der Waals surface area contributed by atoms with Crippen molar-refractivity contribution in [1.29, 1.82) is 0 Å². The lowest BCUT2D eigenvalue weighted by Gasteiger charge is -2.13. The van der Waals surface area contributed by atoms with Gasteiger partial charge in [-0.1, -0.05) is 6.92 Å². The highest BCUT2D eigenvalue weighted by atomic mass is 19.1. The van der Waals surface area contributed by atoms with E-state index in [-0.39, 0.29) is 30.0 Å². The van der Waals surface area contributed by atoms with E-state index >= 15 is 0 Å². The summed E-state index contributed by atoms with van der Waals surface area (Å²) in [5, 5.41) is 8.15. The maximum Gasteiger partial charge on any atom is 0.226 e. The molecule has 0 saturated carbocycles. The van der Waals surface area contributed by atoms with E-state index in [1.54, 1.807) is 0 Å². The third-order valence-electron chi connectivity index (χ3n) is 2.60. The Morgan fingerprint density at radius 1 is 1.30 bits per heavy atom. The Morgan fingerprint density at radius 3 is 2.60 bits per heavy atom. The number of hydrogen-bond acceptors (Lipinski definition) is 3. The first-order chi connectivity index (χ1) is 9.42. The molecule has 1 rings (SSSR count). The molecule has 1 unspecified atom stereocenters. The highest BCUT2D eigenvalue weighted by molar-refractivity contribution is 5.93. The highest BCUT2D eigenvalue weighted by Crippen LogP contribution is 2.20. The van der Waals surface area contributed by atoms with Gasteiger partial charge in [-0.05, 0) is 31.7 Å². The molecule has 3 N–H and O–H groups in total. The molecule has 0 aliphatic heterocycles. The van der Waals surface area contributed by atoms with Gasteiger partial charge in [0.15, 0.2) is 0 Å². The van der Waals surface area contributed by atoms with Crippen LogP contribution in [0.25, 0.3) is 0 Å². The SMILES string of the molecule is CCNC(C)CC(=O)Nc1cc(NC(C)=O)ccc1F.